The molecule has 0 aliphatic carbocycles. The lowest BCUT2D eigenvalue weighted by atomic mass is 10.3. The Balaban J connectivity index is 3.97. The molecule has 0 heterocycles. The summed E-state index contributed by atoms with van der Waals surface area (Å²) in [6, 6.07) is -0.650. The first-order valence-corrected chi connectivity index (χ1v) is 3.43. The molecule has 66 valence electrons. The molecule has 0 aromatic carbocycles. The molecule has 0 aliphatic heterocycles. The Kier molecular flexibility index (Phi) is 4.54. The third-order valence-electron chi connectivity index (χ3n) is 1.14. The number of hydrogen-bond donors (Lipinski definition) is 1. The van der Waals surface area contributed by atoms with Crippen molar-refractivity contribution < 1.29 is 14.3 Å². The van der Waals surface area contributed by atoms with E-state index in [-0.39, 0.29) is 0 Å². The number of ether oxygens (including phenoxy) is 1. The van der Waals surface area contributed by atoms with E-state index in [9.17, 15) is 9.59 Å². The summed E-state index contributed by atoms with van der Waals surface area (Å²) in [5.74, 6) is 3.70. The van der Waals surface area contributed by atoms with Gasteiger partial charge in [-0.05, 0) is 19.8 Å². The fourth-order valence-electron chi connectivity index (χ4n) is 0.582. The van der Waals surface area contributed by atoms with E-state index in [2.05, 4.69) is 21.9 Å². The van der Waals surface area contributed by atoms with Gasteiger partial charge in [0.1, 0.15) is 6.04 Å². The molecular formula is C8H11NO3. The third-order valence-corrected chi connectivity index (χ3v) is 1.14. The average molecular weight is 169 g/mol. The van der Waals surface area contributed by atoms with E-state index in [1.807, 2.05) is 0 Å². The molecule has 0 saturated carbocycles. The summed E-state index contributed by atoms with van der Waals surface area (Å²) in [5, 5.41) is 2.34. The average Bonchev–Trinajstić information content (AvgIpc) is 2.03. The Morgan fingerprint density at radius 2 is 2.08 bits per heavy atom. The predicted octanol–water partition coefficient (Wildman–Crippen LogP) is -0.313. The van der Waals surface area contributed by atoms with Gasteiger partial charge in [-0.3, -0.25) is 4.79 Å². The van der Waals surface area contributed by atoms with Crippen LogP contribution in [0.3, 0.4) is 0 Å². The minimum Gasteiger partial charge on any atom is -0.467 e. The van der Waals surface area contributed by atoms with Crippen LogP contribution in [0.4, 0.5) is 0 Å². The van der Waals surface area contributed by atoms with E-state index < -0.39 is 17.9 Å². The van der Waals surface area contributed by atoms with Gasteiger partial charge in [0, 0.05) is 0 Å². The lowest BCUT2D eigenvalue weighted by Gasteiger charge is -2.07. The van der Waals surface area contributed by atoms with Crippen LogP contribution in [0.2, 0.25) is 0 Å². The van der Waals surface area contributed by atoms with Gasteiger partial charge in [-0.25, -0.2) is 4.79 Å². The topological polar surface area (TPSA) is 55.4 Å². The molecule has 4 heteroatoms. The molecule has 0 radical (unpaired) electrons. The van der Waals surface area contributed by atoms with Crippen molar-refractivity contribution in [2.45, 2.75) is 19.9 Å². The van der Waals surface area contributed by atoms with Gasteiger partial charge in [0.2, 0.25) is 0 Å². The van der Waals surface area contributed by atoms with Crippen molar-refractivity contribution >= 4 is 11.9 Å². The van der Waals surface area contributed by atoms with Crippen LogP contribution in [0.15, 0.2) is 0 Å². The molecule has 0 aliphatic rings. The summed E-state index contributed by atoms with van der Waals surface area (Å²) in [6.45, 7) is 3.07. The maximum Gasteiger partial charge on any atom is 0.328 e. The number of carbonyl (C=O) groups excluding carboxylic acids is 2. The van der Waals surface area contributed by atoms with Crippen LogP contribution in [-0.2, 0) is 14.3 Å². The second kappa shape index (κ2) is 5.19. The highest BCUT2D eigenvalue weighted by Gasteiger charge is 2.13. The van der Waals surface area contributed by atoms with Crippen LogP contribution in [0.1, 0.15) is 13.8 Å². The molecule has 1 amide bonds. The minimum atomic E-state index is -0.650. The lowest BCUT2D eigenvalue weighted by Crippen LogP contribution is -2.38. The predicted molar refractivity (Wildman–Crippen MR) is 43.1 cm³/mol. The molecule has 0 bridgehead atoms. The van der Waals surface area contributed by atoms with E-state index in [0.717, 1.165) is 0 Å². The van der Waals surface area contributed by atoms with Crippen molar-refractivity contribution in [2.75, 3.05) is 7.11 Å². The molecule has 0 spiro atoms. The number of esters is 1. The molecule has 12 heavy (non-hydrogen) atoms. The summed E-state index contributed by atoms with van der Waals surface area (Å²) >= 11 is 0. The Bertz CT molecular complexity index is 236. The number of rotatable bonds is 2. The van der Waals surface area contributed by atoms with Crippen LogP contribution in [0.5, 0.6) is 0 Å². The largest absolute Gasteiger partial charge is 0.467 e. The number of hydrogen-bond acceptors (Lipinski definition) is 3. The summed E-state index contributed by atoms with van der Waals surface area (Å²) in [5.41, 5.74) is 0. The van der Waals surface area contributed by atoms with Crippen molar-refractivity contribution in [3.8, 4) is 11.8 Å². The quantitative estimate of drug-likeness (QED) is 0.455. The Morgan fingerprint density at radius 1 is 1.50 bits per heavy atom. The Hall–Kier alpha value is -1.50. The SMILES string of the molecule is CC#CC(=O)N[C@H](C)C(=O)OC. The van der Waals surface area contributed by atoms with Crippen LogP contribution in [-0.4, -0.2) is 25.0 Å². The fourth-order valence-corrected chi connectivity index (χ4v) is 0.582. The molecule has 1 atom stereocenters. The van der Waals surface area contributed by atoms with E-state index in [4.69, 9.17) is 0 Å². The first-order valence-electron chi connectivity index (χ1n) is 3.43. The molecule has 0 saturated heterocycles. The van der Waals surface area contributed by atoms with Gasteiger partial charge in [-0.15, -0.1) is 0 Å². The van der Waals surface area contributed by atoms with Gasteiger partial charge >= 0.3 is 5.97 Å². The Morgan fingerprint density at radius 3 is 2.50 bits per heavy atom. The third kappa shape index (κ3) is 3.62. The van der Waals surface area contributed by atoms with E-state index in [1.54, 1.807) is 6.92 Å². The van der Waals surface area contributed by atoms with Gasteiger partial charge in [0.05, 0.1) is 7.11 Å². The maximum absolute atomic E-state index is 10.8. The van der Waals surface area contributed by atoms with Crippen LogP contribution >= 0.6 is 0 Å². The highest BCUT2D eigenvalue weighted by molar-refractivity contribution is 5.95. The highest BCUT2D eigenvalue weighted by Crippen LogP contribution is 1.84. The molecule has 1 N–H and O–H groups in total. The van der Waals surface area contributed by atoms with Gasteiger partial charge in [-0.2, -0.15) is 0 Å². The molecule has 0 aromatic rings. The van der Waals surface area contributed by atoms with Crippen molar-refractivity contribution in [1.82, 2.24) is 5.32 Å². The smallest absolute Gasteiger partial charge is 0.328 e. The number of carbonyl (C=O) groups is 2. The summed E-state index contributed by atoms with van der Waals surface area (Å²) in [7, 11) is 1.26. The van der Waals surface area contributed by atoms with Gasteiger partial charge in [0.15, 0.2) is 0 Å². The molecule has 0 unspecified atom stereocenters. The van der Waals surface area contributed by atoms with Gasteiger partial charge < -0.3 is 10.1 Å². The van der Waals surface area contributed by atoms with Gasteiger partial charge in [0.25, 0.3) is 5.91 Å². The zero-order chi connectivity index (χ0) is 9.56. The van der Waals surface area contributed by atoms with Crippen LogP contribution < -0.4 is 5.32 Å². The molecule has 0 rings (SSSR count). The zero-order valence-electron chi connectivity index (χ0n) is 7.30. The monoisotopic (exact) mass is 169 g/mol. The van der Waals surface area contributed by atoms with Crippen molar-refractivity contribution in [3.63, 3.8) is 0 Å². The number of nitrogens with one attached hydrogen (secondary N) is 1. The van der Waals surface area contributed by atoms with Crippen molar-refractivity contribution in [2.24, 2.45) is 0 Å². The second-order valence-electron chi connectivity index (χ2n) is 2.09. The molecule has 0 fully saturated rings. The first kappa shape index (κ1) is 10.5. The van der Waals surface area contributed by atoms with E-state index in [1.165, 1.54) is 14.0 Å². The van der Waals surface area contributed by atoms with Crippen molar-refractivity contribution in [3.05, 3.63) is 0 Å². The summed E-state index contributed by atoms with van der Waals surface area (Å²) in [4.78, 5) is 21.5. The minimum absolute atomic E-state index is 0.476. The fraction of sp³-hybridized carbons (Fsp3) is 0.500. The number of amides is 1. The van der Waals surface area contributed by atoms with Crippen LogP contribution in [0.25, 0.3) is 0 Å². The normalized spacial score (nSPS) is 10.6. The highest BCUT2D eigenvalue weighted by atomic mass is 16.5. The van der Waals surface area contributed by atoms with Gasteiger partial charge in [-0.1, -0.05) is 5.92 Å². The Labute approximate surface area is 71.3 Å². The van der Waals surface area contributed by atoms with Crippen molar-refractivity contribution in [1.29, 1.82) is 0 Å². The maximum atomic E-state index is 10.8. The molecule has 4 nitrogen and oxygen atoms in total. The summed E-state index contributed by atoms with van der Waals surface area (Å²) in [6.07, 6.45) is 0. The summed E-state index contributed by atoms with van der Waals surface area (Å²) < 4.78 is 4.39. The second-order valence-corrected chi connectivity index (χ2v) is 2.09. The van der Waals surface area contributed by atoms with E-state index in [0.29, 0.717) is 0 Å². The zero-order valence-corrected chi connectivity index (χ0v) is 7.30. The molecular weight excluding hydrogens is 158 g/mol. The molecule has 0 aromatic heterocycles. The standard InChI is InChI=1S/C8H11NO3/c1-4-5-7(10)9-6(2)8(11)12-3/h6H,1-3H3,(H,9,10)/t6-/m1/s1. The first-order chi connectivity index (χ1) is 5.61. The van der Waals surface area contributed by atoms with Crippen LogP contribution in [0, 0.1) is 11.8 Å². The van der Waals surface area contributed by atoms with E-state index >= 15 is 0 Å². The lowest BCUT2D eigenvalue weighted by molar-refractivity contribution is -0.143. The number of methoxy groups -OCH3 is 1.